The first-order valence-electron chi connectivity index (χ1n) is 6.14. The van der Waals surface area contributed by atoms with Gasteiger partial charge in [0.15, 0.2) is 0 Å². The Bertz CT molecular complexity index is 742. The third-order valence-electron chi connectivity index (χ3n) is 2.96. The summed E-state index contributed by atoms with van der Waals surface area (Å²) in [4.78, 5) is 1.07. The second-order valence-corrected chi connectivity index (χ2v) is 7.28. The Balaban J connectivity index is 1.99. The number of anilines is 1. The summed E-state index contributed by atoms with van der Waals surface area (Å²) >= 11 is 17.2. The van der Waals surface area contributed by atoms with Crippen LogP contribution in [0.3, 0.4) is 0 Å². The first-order valence-corrected chi connectivity index (χ1v) is 8.51. The van der Waals surface area contributed by atoms with Gasteiger partial charge in [-0.05, 0) is 52.3 Å². The van der Waals surface area contributed by atoms with E-state index in [4.69, 9.17) is 27.6 Å². The summed E-state index contributed by atoms with van der Waals surface area (Å²) in [5.74, 6) is 0.820. The number of hydrogen-bond donors (Lipinski definition) is 1. The lowest BCUT2D eigenvalue weighted by Gasteiger charge is -2.18. The normalized spacial score (nSPS) is 12.3. The van der Waals surface area contributed by atoms with Crippen molar-refractivity contribution >= 4 is 56.2 Å². The molecule has 2 nitrogen and oxygen atoms in total. The van der Waals surface area contributed by atoms with Gasteiger partial charge < -0.3 is 9.73 Å². The molecule has 0 aliphatic heterocycles. The molecule has 1 aromatic carbocycles. The molecule has 3 aromatic rings. The molecule has 0 aliphatic carbocycles. The minimum absolute atomic E-state index is 0.118. The van der Waals surface area contributed by atoms with E-state index in [1.807, 2.05) is 42.5 Å². The van der Waals surface area contributed by atoms with E-state index in [9.17, 15) is 0 Å². The van der Waals surface area contributed by atoms with Crippen molar-refractivity contribution in [2.45, 2.75) is 6.04 Å². The van der Waals surface area contributed by atoms with E-state index in [2.05, 4.69) is 21.2 Å². The smallest absolute Gasteiger partial charge is 0.131 e. The average Bonchev–Trinajstić information content (AvgIpc) is 3.12. The minimum Gasteiger partial charge on any atom is -0.467 e. The number of halogens is 3. The fourth-order valence-electron chi connectivity index (χ4n) is 1.99. The van der Waals surface area contributed by atoms with E-state index in [1.165, 1.54) is 11.3 Å². The Labute approximate surface area is 144 Å². The van der Waals surface area contributed by atoms with Gasteiger partial charge in [0.25, 0.3) is 0 Å². The van der Waals surface area contributed by atoms with Crippen LogP contribution in [-0.4, -0.2) is 0 Å². The number of nitrogens with one attached hydrogen (secondary N) is 1. The summed E-state index contributed by atoms with van der Waals surface area (Å²) in [6, 6.07) is 13.2. The number of furan rings is 1. The van der Waals surface area contributed by atoms with Crippen molar-refractivity contribution in [3.05, 3.63) is 73.2 Å². The molecule has 6 heteroatoms. The lowest BCUT2D eigenvalue weighted by atomic mass is 10.1. The first-order chi connectivity index (χ1) is 10.1. The maximum Gasteiger partial charge on any atom is 0.131 e. The zero-order valence-electron chi connectivity index (χ0n) is 10.6. The van der Waals surface area contributed by atoms with Gasteiger partial charge >= 0.3 is 0 Å². The van der Waals surface area contributed by atoms with Crippen LogP contribution in [0.5, 0.6) is 0 Å². The van der Waals surface area contributed by atoms with Crippen LogP contribution in [0.15, 0.2) is 57.6 Å². The summed E-state index contributed by atoms with van der Waals surface area (Å²) in [5, 5.41) is 4.10. The topological polar surface area (TPSA) is 25.2 Å². The first kappa shape index (κ1) is 15.0. The highest BCUT2D eigenvalue weighted by atomic mass is 79.9. The molecule has 0 aliphatic rings. The van der Waals surface area contributed by atoms with Crippen molar-refractivity contribution in [2.75, 3.05) is 5.32 Å². The van der Waals surface area contributed by atoms with Crippen LogP contribution in [0, 0.1) is 0 Å². The van der Waals surface area contributed by atoms with Gasteiger partial charge in [-0.2, -0.15) is 0 Å². The molecule has 0 amide bonds. The third kappa shape index (κ3) is 3.29. The van der Waals surface area contributed by atoms with Gasteiger partial charge in [-0.1, -0.05) is 29.3 Å². The van der Waals surface area contributed by atoms with Crippen LogP contribution in [-0.2, 0) is 0 Å². The molecule has 0 radical (unpaired) electrons. The highest BCUT2D eigenvalue weighted by Crippen LogP contribution is 2.37. The monoisotopic (exact) mass is 401 g/mol. The summed E-state index contributed by atoms with van der Waals surface area (Å²) in [7, 11) is 0. The van der Waals surface area contributed by atoms with E-state index in [0.29, 0.717) is 5.02 Å². The van der Waals surface area contributed by atoms with E-state index >= 15 is 0 Å². The number of hydrogen-bond acceptors (Lipinski definition) is 3. The van der Waals surface area contributed by atoms with Crippen LogP contribution >= 0.6 is 50.5 Å². The van der Waals surface area contributed by atoms with E-state index in [0.717, 1.165) is 25.1 Å². The van der Waals surface area contributed by atoms with Crippen LogP contribution in [0.25, 0.3) is 0 Å². The standard InChI is InChI=1S/C15H10BrCl2NOS/c16-14-9(17)3-1-4-10(14)19-15(11-5-2-8-20-11)12-6-7-13(18)21-12/h1-8,15,19H. The molecule has 0 bridgehead atoms. The van der Waals surface area contributed by atoms with Crippen LogP contribution < -0.4 is 5.32 Å². The van der Waals surface area contributed by atoms with Crippen LogP contribution in [0.1, 0.15) is 16.7 Å². The Morgan fingerprint density at radius 2 is 1.95 bits per heavy atom. The Morgan fingerprint density at radius 3 is 2.62 bits per heavy atom. The number of rotatable bonds is 4. The maximum atomic E-state index is 6.14. The van der Waals surface area contributed by atoms with Gasteiger partial charge in [-0.15, -0.1) is 11.3 Å². The van der Waals surface area contributed by atoms with Gasteiger partial charge in [0.1, 0.15) is 11.8 Å². The fraction of sp³-hybridized carbons (Fsp3) is 0.0667. The highest BCUT2D eigenvalue weighted by molar-refractivity contribution is 9.10. The van der Waals surface area contributed by atoms with Crippen molar-refractivity contribution in [1.82, 2.24) is 0 Å². The Kier molecular flexibility index (Phi) is 4.60. The quantitative estimate of drug-likeness (QED) is 0.530. The molecule has 0 fully saturated rings. The van der Waals surface area contributed by atoms with E-state index in [-0.39, 0.29) is 6.04 Å². The minimum atomic E-state index is -0.118. The molecule has 0 saturated heterocycles. The Morgan fingerprint density at radius 1 is 1.10 bits per heavy atom. The summed E-state index contributed by atoms with van der Waals surface area (Å²) < 4.78 is 7.12. The van der Waals surface area contributed by atoms with Gasteiger partial charge in [-0.25, -0.2) is 0 Å². The van der Waals surface area contributed by atoms with Crippen molar-refractivity contribution in [3.63, 3.8) is 0 Å². The summed E-state index contributed by atoms with van der Waals surface area (Å²) in [5.41, 5.74) is 0.897. The van der Waals surface area contributed by atoms with Crippen molar-refractivity contribution in [3.8, 4) is 0 Å². The molecule has 0 saturated carbocycles. The molecular weight excluding hydrogens is 393 g/mol. The summed E-state index contributed by atoms with van der Waals surface area (Å²) in [6.07, 6.45) is 1.66. The predicted molar refractivity (Wildman–Crippen MR) is 92.7 cm³/mol. The molecule has 2 heterocycles. The van der Waals surface area contributed by atoms with Crippen molar-refractivity contribution < 1.29 is 4.42 Å². The molecule has 108 valence electrons. The molecular formula is C15H10BrCl2NOS. The van der Waals surface area contributed by atoms with Gasteiger partial charge in [0, 0.05) is 4.88 Å². The van der Waals surface area contributed by atoms with Crippen molar-refractivity contribution in [1.29, 1.82) is 0 Å². The zero-order valence-corrected chi connectivity index (χ0v) is 14.6. The van der Waals surface area contributed by atoms with Gasteiger partial charge in [0.2, 0.25) is 0 Å². The molecule has 1 atom stereocenters. The fourth-order valence-corrected chi connectivity index (χ4v) is 3.67. The third-order valence-corrected chi connectivity index (χ3v) is 5.65. The molecule has 21 heavy (non-hydrogen) atoms. The lowest BCUT2D eigenvalue weighted by Crippen LogP contribution is -2.10. The number of thiophene rings is 1. The van der Waals surface area contributed by atoms with Gasteiger partial charge in [-0.3, -0.25) is 0 Å². The Hall–Kier alpha value is -0.940. The highest BCUT2D eigenvalue weighted by Gasteiger charge is 2.20. The lowest BCUT2D eigenvalue weighted by molar-refractivity contribution is 0.500. The van der Waals surface area contributed by atoms with Crippen molar-refractivity contribution in [2.24, 2.45) is 0 Å². The largest absolute Gasteiger partial charge is 0.467 e. The molecule has 0 spiro atoms. The van der Waals surface area contributed by atoms with Crippen LogP contribution in [0.4, 0.5) is 5.69 Å². The SMILES string of the molecule is Clc1ccc(C(Nc2cccc(Cl)c2Br)c2ccco2)s1. The van der Waals surface area contributed by atoms with Crippen LogP contribution in [0.2, 0.25) is 9.36 Å². The average molecular weight is 403 g/mol. The molecule has 2 aromatic heterocycles. The molecule has 1 unspecified atom stereocenters. The second-order valence-electron chi connectivity index (χ2n) is 4.34. The maximum absolute atomic E-state index is 6.14. The molecule has 3 rings (SSSR count). The number of benzene rings is 1. The second kappa shape index (κ2) is 6.44. The van der Waals surface area contributed by atoms with Gasteiger partial charge in [0.05, 0.1) is 25.8 Å². The van der Waals surface area contributed by atoms with E-state index < -0.39 is 0 Å². The molecule has 1 N–H and O–H groups in total. The predicted octanol–water partition coefficient (Wildman–Crippen LogP) is 6.61. The zero-order chi connectivity index (χ0) is 14.8. The van der Waals surface area contributed by atoms with E-state index in [1.54, 1.807) is 6.26 Å². The summed E-state index contributed by atoms with van der Waals surface area (Å²) in [6.45, 7) is 0.